The fraction of sp³-hybridized carbons (Fsp3) is 0.333. The summed E-state index contributed by atoms with van der Waals surface area (Å²) in [6.07, 6.45) is 3.38. The summed E-state index contributed by atoms with van der Waals surface area (Å²) in [7, 11) is -2.14. The maximum absolute atomic E-state index is 13.7. The lowest BCUT2D eigenvalue weighted by molar-refractivity contribution is 0.0918. The molecule has 2 heterocycles. The highest BCUT2D eigenvalue weighted by Gasteiger charge is 2.26. The third-order valence-corrected chi connectivity index (χ3v) is 8.60. The highest BCUT2D eigenvalue weighted by atomic mass is 32.2. The number of halogens is 1. The summed E-state index contributed by atoms with van der Waals surface area (Å²) < 4.78 is 47.3. The fourth-order valence-electron chi connectivity index (χ4n) is 5.40. The number of nitrogens with one attached hydrogen (secondary N) is 3. The minimum absolute atomic E-state index is 0.276. The first kappa shape index (κ1) is 31.1. The maximum atomic E-state index is 13.7. The van der Waals surface area contributed by atoms with Crippen LogP contribution >= 0.6 is 0 Å². The van der Waals surface area contributed by atoms with Gasteiger partial charge in [0.2, 0.25) is 10.0 Å². The van der Waals surface area contributed by atoms with E-state index in [-0.39, 0.29) is 23.9 Å². The second-order valence-electron chi connectivity index (χ2n) is 12.1. The molecule has 2 bridgehead atoms. The number of furan rings is 1. The number of benzene rings is 3. The molecule has 0 radical (unpaired) electrons. The van der Waals surface area contributed by atoms with Crippen molar-refractivity contribution in [2.75, 3.05) is 36.0 Å². The molecule has 1 aliphatic heterocycles. The first-order chi connectivity index (χ1) is 20.7. The van der Waals surface area contributed by atoms with Crippen LogP contribution in [0.1, 0.15) is 60.7 Å². The number of hydrogen-bond acceptors (Lipinski definition) is 6. The lowest BCUT2D eigenvalue weighted by Gasteiger charge is -2.26. The van der Waals surface area contributed by atoms with E-state index >= 15 is 0 Å². The Morgan fingerprint density at radius 2 is 1.68 bits per heavy atom. The van der Waals surface area contributed by atoms with Gasteiger partial charge in [-0.3, -0.25) is 13.9 Å². The van der Waals surface area contributed by atoms with Gasteiger partial charge in [-0.25, -0.2) is 12.8 Å². The van der Waals surface area contributed by atoms with Gasteiger partial charge in [-0.05, 0) is 94.1 Å². The molecule has 0 atom stereocenters. The van der Waals surface area contributed by atoms with Crippen LogP contribution in [-0.2, 0) is 10.0 Å². The van der Waals surface area contributed by atoms with E-state index in [1.807, 2.05) is 32.9 Å². The number of nitrogens with zero attached hydrogens (tertiary/aromatic N) is 1. The summed E-state index contributed by atoms with van der Waals surface area (Å²) >= 11 is 0. The van der Waals surface area contributed by atoms with Gasteiger partial charge in [0.05, 0.1) is 17.5 Å². The minimum Gasteiger partial charge on any atom is -0.455 e. The second-order valence-corrected chi connectivity index (χ2v) is 14.0. The molecule has 5 rings (SSSR count). The average molecular weight is 621 g/mol. The molecule has 0 spiro atoms. The molecule has 44 heavy (non-hydrogen) atoms. The van der Waals surface area contributed by atoms with Gasteiger partial charge < -0.3 is 20.4 Å². The molecule has 1 aliphatic rings. The molecule has 232 valence electrons. The lowest BCUT2D eigenvalue weighted by atomic mass is 9.96. The van der Waals surface area contributed by atoms with Crippen LogP contribution in [0.15, 0.2) is 59.0 Å². The molecular weight excluding hydrogens is 583 g/mol. The number of hydrogen-bond donors (Lipinski definition) is 3. The Hall–Kier alpha value is -4.38. The summed E-state index contributed by atoms with van der Waals surface area (Å²) in [6, 6.07) is 14.4. The van der Waals surface area contributed by atoms with Gasteiger partial charge in [-0.1, -0.05) is 0 Å². The van der Waals surface area contributed by atoms with E-state index in [4.69, 9.17) is 4.42 Å². The Morgan fingerprint density at radius 3 is 2.34 bits per heavy atom. The first-order valence-electron chi connectivity index (χ1n) is 14.5. The van der Waals surface area contributed by atoms with Crippen molar-refractivity contribution < 1.29 is 26.8 Å². The zero-order valence-corrected chi connectivity index (χ0v) is 26.3. The molecule has 2 amide bonds. The molecule has 11 heteroatoms. The van der Waals surface area contributed by atoms with Gasteiger partial charge in [-0.2, -0.15) is 0 Å². The van der Waals surface area contributed by atoms with Crippen molar-refractivity contribution in [1.29, 1.82) is 0 Å². The molecule has 0 unspecified atom stereocenters. The normalized spacial score (nSPS) is 14.2. The highest BCUT2D eigenvalue weighted by molar-refractivity contribution is 7.92. The molecule has 0 fully saturated rings. The van der Waals surface area contributed by atoms with Gasteiger partial charge in [0, 0.05) is 59.5 Å². The van der Waals surface area contributed by atoms with Gasteiger partial charge in [0.1, 0.15) is 17.2 Å². The smallest absolute Gasteiger partial charge is 0.255 e. The number of anilines is 2. The summed E-state index contributed by atoms with van der Waals surface area (Å²) in [5.41, 5.74) is 3.37. The molecule has 9 nitrogen and oxygen atoms in total. The molecule has 3 N–H and O–H groups in total. The molecule has 0 aliphatic carbocycles. The maximum Gasteiger partial charge on any atom is 0.255 e. The zero-order valence-electron chi connectivity index (χ0n) is 25.5. The SMILES string of the molecule is CNC(=O)c1c(-c2ccc(F)cc2)oc2cc3c(cc12)-c1cc(C(=O)NC(C)(C)C)cc(c1)N(S(C)(=O)=O)CCCCCN3. The molecular formula is C33H37FN4O5S. The van der Waals surface area contributed by atoms with Gasteiger partial charge in [0.25, 0.3) is 11.8 Å². The lowest BCUT2D eigenvalue weighted by Crippen LogP contribution is -2.40. The van der Waals surface area contributed by atoms with Crippen molar-refractivity contribution in [1.82, 2.24) is 10.6 Å². The van der Waals surface area contributed by atoms with Crippen LogP contribution in [0.5, 0.6) is 0 Å². The number of carbonyl (C=O) groups excluding carboxylic acids is 2. The van der Waals surface area contributed by atoms with Crippen molar-refractivity contribution in [3.8, 4) is 22.5 Å². The highest BCUT2D eigenvalue weighted by Crippen LogP contribution is 2.41. The van der Waals surface area contributed by atoms with Crippen molar-refractivity contribution >= 4 is 44.2 Å². The molecule has 1 aromatic heterocycles. The summed E-state index contributed by atoms with van der Waals surface area (Å²) in [5.74, 6) is -0.842. The Kier molecular flexibility index (Phi) is 8.44. The quantitative estimate of drug-likeness (QED) is 0.252. The van der Waals surface area contributed by atoms with Gasteiger partial charge in [0.15, 0.2) is 0 Å². The number of fused-ring (bicyclic) bond motifs is 5. The molecule has 0 saturated heterocycles. The Bertz CT molecular complexity index is 1840. The predicted octanol–water partition coefficient (Wildman–Crippen LogP) is 6.16. The monoisotopic (exact) mass is 620 g/mol. The van der Waals surface area contributed by atoms with Crippen molar-refractivity contribution in [2.24, 2.45) is 0 Å². The van der Waals surface area contributed by atoms with Crippen LogP contribution in [0.4, 0.5) is 15.8 Å². The van der Waals surface area contributed by atoms with E-state index in [2.05, 4.69) is 16.0 Å². The van der Waals surface area contributed by atoms with Crippen LogP contribution in [0, 0.1) is 5.82 Å². The van der Waals surface area contributed by atoms with E-state index in [1.54, 1.807) is 30.3 Å². The Morgan fingerprint density at radius 1 is 0.955 bits per heavy atom. The van der Waals surface area contributed by atoms with E-state index in [9.17, 15) is 22.4 Å². The first-order valence-corrected chi connectivity index (χ1v) is 16.4. The van der Waals surface area contributed by atoms with E-state index in [0.29, 0.717) is 63.3 Å². The number of amides is 2. The standard InChI is InChI=1S/C33H37FN4O5S/c1-33(2,3)37-31(39)22-15-21-16-24(17-22)38(44(5,41)42)14-8-6-7-13-36-27-19-28-26(18-25(21)27)29(32(40)35-4)30(43-28)20-9-11-23(34)12-10-20/h9-12,15-19,36H,6-8,13-14H2,1-5H3,(H,35,40)(H,37,39). The van der Waals surface area contributed by atoms with E-state index in [0.717, 1.165) is 19.1 Å². The third kappa shape index (κ3) is 6.57. The fourth-order valence-corrected chi connectivity index (χ4v) is 6.35. The third-order valence-electron chi connectivity index (χ3n) is 7.41. The number of carbonyl (C=O) groups is 2. The summed E-state index contributed by atoms with van der Waals surface area (Å²) in [5, 5.41) is 9.65. The van der Waals surface area contributed by atoms with E-state index < -0.39 is 21.4 Å². The van der Waals surface area contributed by atoms with Crippen LogP contribution < -0.4 is 20.3 Å². The van der Waals surface area contributed by atoms with Crippen LogP contribution in [0.3, 0.4) is 0 Å². The van der Waals surface area contributed by atoms with Crippen molar-refractivity contribution in [3.05, 3.63) is 71.5 Å². The zero-order chi connectivity index (χ0) is 31.8. The average Bonchev–Trinajstić information content (AvgIpc) is 3.32. The topological polar surface area (TPSA) is 121 Å². The Labute approximate surface area is 256 Å². The minimum atomic E-state index is -3.66. The molecule has 3 aromatic carbocycles. The van der Waals surface area contributed by atoms with Gasteiger partial charge in [-0.15, -0.1) is 0 Å². The van der Waals surface area contributed by atoms with Crippen LogP contribution in [-0.4, -0.2) is 52.2 Å². The number of rotatable bonds is 4. The summed E-state index contributed by atoms with van der Waals surface area (Å²) in [4.78, 5) is 26.7. The second kappa shape index (κ2) is 12.0. The predicted molar refractivity (Wildman–Crippen MR) is 172 cm³/mol. The van der Waals surface area contributed by atoms with Crippen molar-refractivity contribution in [2.45, 2.75) is 45.6 Å². The van der Waals surface area contributed by atoms with Crippen molar-refractivity contribution in [3.63, 3.8) is 0 Å². The van der Waals surface area contributed by atoms with Gasteiger partial charge >= 0.3 is 0 Å². The van der Waals surface area contributed by atoms with E-state index in [1.165, 1.54) is 23.5 Å². The molecule has 0 saturated carbocycles. The Balaban J connectivity index is 1.80. The van der Waals surface area contributed by atoms with Crippen LogP contribution in [0.25, 0.3) is 33.4 Å². The van der Waals surface area contributed by atoms with Crippen LogP contribution in [0.2, 0.25) is 0 Å². The summed E-state index contributed by atoms with van der Waals surface area (Å²) in [6.45, 7) is 6.51. The largest absolute Gasteiger partial charge is 0.455 e. The number of sulfonamides is 1. The molecule has 4 aromatic rings.